The molecule has 0 radical (unpaired) electrons. The summed E-state index contributed by atoms with van der Waals surface area (Å²) in [6.07, 6.45) is 5.84. The van der Waals surface area contributed by atoms with Crippen LogP contribution in [0.5, 0.6) is 0 Å². The van der Waals surface area contributed by atoms with Crippen LogP contribution in [-0.2, 0) is 14.8 Å². The molecule has 0 bridgehead atoms. The normalized spacial score (nSPS) is 18.6. The number of sulfonamides is 1. The van der Waals surface area contributed by atoms with Crippen molar-refractivity contribution in [2.45, 2.75) is 23.7 Å². The Morgan fingerprint density at radius 1 is 0.967 bits per heavy atom. The maximum absolute atomic E-state index is 13.7. The smallest absolute Gasteiger partial charge is 0.270 e. The number of hydrogen-bond acceptors (Lipinski definition) is 3. The van der Waals surface area contributed by atoms with Crippen molar-refractivity contribution in [2.24, 2.45) is 0 Å². The van der Waals surface area contributed by atoms with Gasteiger partial charge in [-0.2, -0.15) is 0 Å². The number of terminal acetylenes is 1. The van der Waals surface area contributed by atoms with E-state index in [-0.39, 0.29) is 4.90 Å². The molecule has 4 rings (SSSR count). The highest BCUT2D eigenvalue weighted by atomic mass is 79.9. The van der Waals surface area contributed by atoms with Gasteiger partial charge in [0, 0.05) is 4.47 Å². The molecule has 1 aliphatic rings. The minimum atomic E-state index is -4.12. The Bertz CT molecular complexity index is 1260. The van der Waals surface area contributed by atoms with E-state index in [0.29, 0.717) is 16.8 Å². The number of hydrogen-bond donors (Lipinski definition) is 0. The first-order valence-electron chi connectivity index (χ1n) is 9.31. The largest absolute Gasteiger partial charge is 0.273 e. The fourth-order valence-corrected chi connectivity index (χ4v) is 5.49. The van der Waals surface area contributed by atoms with Gasteiger partial charge in [0.2, 0.25) is 5.91 Å². The quantitative estimate of drug-likeness (QED) is 0.497. The number of halogens is 1. The lowest BCUT2D eigenvalue weighted by Crippen LogP contribution is -2.45. The van der Waals surface area contributed by atoms with E-state index >= 15 is 0 Å². The second-order valence-electron chi connectivity index (χ2n) is 7.15. The summed E-state index contributed by atoms with van der Waals surface area (Å²) in [5, 5.41) is 0. The third-order valence-electron chi connectivity index (χ3n) is 5.26. The molecule has 4 nitrogen and oxygen atoms in total. The summed E-state index contributed by atoms with van der Waals surface area (Å²) in [5.74, 6) is 0.786. The van der Waals surface area contributed by atoms with Crippen molar-refractivity contribution in [3.63, 3.8) is 0 Å². The number of nitrogens with zero attached hydrogens (tertiary/aromatic N) is 1. The van der Waals surface area contributed by atoms with Crippen LogP contribution in [0.2, 0.25) is 0 Å². The molecule has 0 fully saturated rings. The molecule has 0 N–H and O–H groups in total. The molecule has 3 aromatic rings. The minimum Gasteiger partial charge on any atom is -0.273 e. The van der Waals surface area contributed by atoms with E-state index < -0.39 is 27.8 Å². The maximum Gasteiger partial charge on any atom is 0.270 e. The summed E-state index contributed by atoms with van der Waals surface area (Å²) < 4.78 is 28.9. The Kier molecular flexibility index (Phi) is 5.27. The average Bonchev–Trinajstić information content (AvgIpc) is 2.73. The van der Waals surface area contributed by atoms with Gasteiger partial charge in [0.05, 0.1) is 22.4 Å². The number of carbonyl (C=O) groups is 1. The van der Waals surface area contributed by atoms with Crippen molar-refractivity contribution in [3.05, 3.63) is 94.0 Å². The van der Waals surface area contributed by atoms with Crippen LogP contribution < -0.4 is 4.31 Å². The second-order valence-corrected chi connectivity index (χ2v) is 9.86. The van der Waals surface area contributed by atoms with E-state index in [1.807, 2.05) is 19.1 Å². The molecule has 0 aliphatic carbocycles. The first-order valence-corrected chi connectivity index (χ1v) is 11.5. The molecule has 0 spiro atoms. The van der Waals surface area contributed by atoms with Crippen LogP contribution in [0.1, 0.15) is 28.5 Å². The van der Waals surface area contributed by atoms with Crippen LogP contribution in [-0.4, -0.2) is 14.3 Å². The summed E-state index contributed by atoms with van der Waals surface area (Å²) in [7, 11) is -4.12. The number of anilines is 1. The molecular weight excluding hydrogens is 462 g/mol. The molecule has 0 saturated heterocycles. The summed E-state index contributed by atoms with van der Waals surface area (Å²) in [6, 6.07) is 20.6. The molecule has 0 unspecified atom stereocenters. The van der Waals surface area contributed by atoms with Crippen LogP contribution in [0.3, 0.4) is 0 Å². The monoisotopic (exact) mass is 479 g/mol. The Morgan fingerprint density at radius 3 is 2.23 bits per heavy atom. The molecule has 3 aromatic carbocycles. The molecular formula is C24H18BrNO3S. The SMILES string of the molecule is C#C[C@@H]1c2ccccc2N(S(=O)(=O)c2ccc(C)cc2)C(=O)[C@H]1c1ccc(Br)cc1. The zero-order valence-corrected chi connectivity index (χ0v) is 18.5. The number of benzene rings is 3. The standard InChI is InChI=1S/C24H18BrNO3S/c1-3-20-21-6-4-5-7-22(21)26(30(28,29)19-14-8-16(2)9-15-19)24(27)23(20)17-10-12-18(25)13-11-17/h1,4-15,20,23H,2H3/t20-,23+/m1/s1. The van der Waals surface area contributed by atoms with Gasteiger partial charge in [0.15, 0.2) is 0 Å². The van der Waals surface area contributed by atoms with Gasteiger partial charge in [-0.1, -0.05) is 69.9 Å². The molecule has 1 heterocycles. The molecule has 1 amide bonds. The summed E-state index contributed by atoms with van der Waals surface area (Å²) in [5.41, 5.74) is 2.55. The maximum atomic E-state index is 13.7. The third kappa shape index (κ3) is 3.34. The van der Waals surface area contributed by atoms with Crippen molar-refractivity contribution in [2.75, 3.05) is 4.31 Å². The lowest BCUT2D eigenvalue weighted by molar-refractivity contribution is -0.119. The summed E-state index contributed by atoms with van der Waals surface area (Å²) in [4.78, 5) is 13.7. The summed E-state index contributed by atoms with van der Waals surface area (Å²) in [6.45, 7) is 1.87. The van der Waals surface area contributed by atoms with Crippen molar-refractivity contribution in [1.29, 1.82) is 0 Å². The topological polar surface area (TPSA) is 54.5 Å². The molecule has 1 aliphatic heterocycles. The predicted molar refractivity (Wildman–Crippen MR) is 121 cm³/mol. The van der Waals surface area contributed by atoms with Crippen LogP contribution in [0, 0.1) is 19.3 Å². The molecule has 0 saturated carbocycles. The average molecular weight is 480 g/mol. The van der Waals surface area contributed by atoms with E-state index in [4.69, 9.17) is 6.42 Å². The van der Waals surface area contributed by atoms with Gasteiger partial charge in [0.1, 0.15) is 0 Å². The summed E-state index contributed by atoms with van der Waals surface area (Å²) >= 11 is 3.39. The lowest BCUT2D eigenvalue weighted by atomic mass is 9.78. The van der Waals surface area contributed by atoms with Crippen LogP contribution in [0.15, 0.2) is 82.2 Å². The Hall–Kier alpha value is -2.88. The first-order chi connectivity index (χ1) is 14.3. The number of aryl methyl sites for hydroxylation is 1. The van der Waals surface area contributed by atoms with Gasteiger partial charge >= 0.3 is 0 Å². The second kappa shape index (κ2) is 7.75. The third-order valence-corrected chi connectivity index (χ3v) is 7.51. The molecule has 150 valence electrons. The van der Waals surface area contributed by atoms with Crippen molar-refractivity contribution in [3.8, 4) is 12.3 Å². The van der Waals surface area contributed by atoms with Crippen LogP contribution >= 0.6 is 15.9 Å². The number of fused-ring (bicyclic) bond motifs is 1. The fraction of sp³-hybridized carbons (Fsp3) is 0.125. The molecule has 30 heavy (non-hydrogen) atoms. The van der Waals surface area contributed by atoms with E-state index in [9.17, 15) is 13.2 Å². The van der Waals surface area contributed by atoms with Gasteiger partial charge in [-0.05, 0) is 48.4 Å². The van der Waals surface area contributed by atoms with Gasteiger partial charge in [-0.25, -0.2) is 12.7 Å². The van der Waals surface area contributed by atoms with Crippen molar-refractivity contribution >= 4 is 37.5 Å². The molecule has 2 atom stereocenters. The van der Waals surface area contributed by atoms with Gasteiger partial charge in [0.25, 0.3) is 10.0 Å². The minimum absolute atomic E-state index is 0.0602. The zero-order chi connectivity index (χ0) is 21.5. The van der Waals surface area contributed by atoms with Crippen molar-refractivity contribution < 1.29 is 13.2 Å². The Morgan fingerprint density at radius 2 is 1.60 bits per heavy atom. The Balaban J connectivity index is 1.94. The van der Waals surface area contributed by atoms with E-state index in [2.05, 4.69) is 21.9 Å². The Labute approximate surface area is 184 Å². The highest BCUT2D eigenvalue weighted by molar-refractivity contribution is 9.10. The van der Waals surface area contributed by atoms with E-state index in [1.165, 1.54) is 12.1 Å². The molecule has 6 heteroatoms. The number of carbonyl (C=O) groups excluding carboxylic acids is 1. The first kappa shape index (κ1) is 20.4. The van der Waals surface area contributed by atoms with Gasteiger partial charge in [-0.15, -0.1) is 6.42 Å². The predicted octanol–water partition coefficient (Wildman–Crippen LogP) is 4.99. The van der Waals surface area contributed by atoms with Crippen molar-refractivity contribution in [1.82, 2.24) is 0 Å². The van der Waals surface area contributed by atoms with E-state index in [1.54, 1.807) is 48.5 Å². The number of amides is 1. The van der Waals surface area contributed by atoms with Gasteiger partial charge < -0.3 is 0 Å². The fourth-order valence-electron chi connectivity index (χ4n) is 3.76. The van der Waals surface area contributed by atoms with E-state index in [0.717, 1.165) is 14.3 Å². The molecule has 0 aromatic heterocycles. The zero-order valence-electron chi connectivity index (χ0n) is 16.1. The van der Waals surface area contributed by atoms with Crippen LogP contribution in [0.4, 0.5) is 5.69 Å². The van der Waals surface area contributed by atoms with Crippen LogP contribution in [0.25, 0.3) is 0 Å². The highest BCUT2D eigenvalue weighted by Gasteiger charge is 2.45. The highest BCUT2D eigenvalue weighted by Crippen LogP contribution is 2.46. The number of rotatable bonds is 3. The number of para-hydroxylation sites is 1. The van der Waals surface area contributed by atoms with Gasteiger partial charge in [-0.3, -0.25) is 4.79 Å². The lowest BCUT2D eigenvalue weighted by Gasteiger charge is -2.37.